The number of carbonyl (C=O) groups is 1. The highest BCUT2D eigenvalue weighted by atomic mass is 16.5. The minimum absolute atomic E-state index is 0.00761. The van der Waals surface area contributed by atoms with Crippen molar-refractivity contribution in [2.75, 3.05) is 38.2 Å². The summed E-state index contributed by atoms with van der Waals surface area (Å²) in [4.78, 5) is 26.4. The van der Waals surface area contributed by atoms with Crippen LogP contribution in [0, 0.1) is 6.92 Å². The van der Waals surface area contributed by atoms with Crippen LogP contribution in [0.5, 0.6) is 11.5 Å². The highest BCUT2D eigenvalue weighted by Gasteiger charge is 2.27. The first-order valence-corrected chi connectivity index (χ1v) is 10.1. The minimum Gasteiger partial charge on any atom is -0.497 e. The van der Waals surface area contributed by atoms with Crippen LogP contribution >= 0.6 is 0 Å². The predicted molar refractivity (Wildman–Crippen MR) is 116 cm³/mol. The summed E-state index contributed by atoms with van der Waals surface area (Å²) in [5.74, 6) is 2.29. The molecule has 4 rings (SSSR count). The molecule has 1 aliphatic rings. The Morgan fingerprint density at radius 1 is 0.933 bits per heavy atom. The van der Waals surface area contributed by atoms with Gasteiger partial charge in [-0.15, -0.1) is 0 Å². The molecule has 2 heterocycles. The molecule has 0 spiro atoms. The zero-order valence-electron chi connectivity index (χ0n) is 17.5. The molecule has 0 saturated carbocycles. The van der Waals surface area contributed by atoms with E-state index < -0.39 is 6.10 Å². The summed E-state index contributed by atoms with van der Waals surface area (Å²) in [6, 6.07) is 15.1. The molecular formula is C23H26N4O3. The van der Waals surface area contributed by atoms with Crippen LogP contribution in [0.1, 0.15) is 12.6 Å². The van der Waals surface area contributed by atoms with Gasteiger partial charge in [0.05, 0.1) is 23.8 Å². The molecule has 0 aliphatic carbocycles. The SMILES string of the molecule is COc1ccc(OC(C)C(=O)N2CCN(c3nc4ccccc4nc3C)CC2)cc1. The quantitative estimate of drug-likeness (QED) is 0.649. The lowest BCUT2D eigenvalue weighted by molar-refractivity contribution is -0.138. The van der Waals surface area contributed by atoms with E-state index in [0.29, 0.717) is 18.8 Å². The Hall–Kier alpha value is -3.35. The highest BCUT2D eigenvalue weighted by molar-refractivity contribution is 5.81. The Morgan fingerprint density at radius 3 is 2.17 bits per heavy atom. The second kappa shape index (κ2) is 8.57. The van der Waals surface area contributed by atoms with E-state index in [1.165, 1.54) is 0 Å². The van der Waals surface area contributed by atoms with E-state index in [2.05, 4.69) is 9.88 Å². The fourth-order valence-electron chi connectivity index (χ4n) is 3.68. The van der Waals surface area contributed by atoms with Gasteiger partial charge in [0.1, 0.15) is 11.5 Å². The second-order valence-electron chi connectivity index (χ2n) is 7.37. The molecule has 1 unspecified atom stereocenters. The molecule has 7 nitrogen and oxygen atoms in total. The number of aromatic nitrogens is 2. The number of nitrogens with zero attached hydrogens (tertiary/aromatic N) is 4. The summed E-state index contributed by atoms with van der Waals surface area (Å²) in [6.07, 6.45) is -0.549. The van der Waals surface area contributed by atoms with Crippen molar-refractivity contribution < 1.29 is 14.3 Å². The maximum absolute atomic E-state index is 12.8. The normalized spacial score (nSPS) is 15.2. The third kappa shape index (κ3) is 4.15. The Kier molecular flexibility index (Phi) is 5.70. The van der Waals surface area contributed by atoms with Crippen LogP contribution in [-0.4, -0.2) is 60.2 Å². The smallest absolute Gasteiger partial charge is 0.263 e. The molecule has 3 aromatic rings. The number of para-hydroxylation sites is 2. The van der Waals surface area contributed by atoms with E-state index in [1.807, 2.05) is 60.4 Å². The molecule has 1 aromatic heterocycles. The number of aryl methyl sites for hydroxylation is 1. The van der Waals surface area contributed by atoms with Gasteiger partial charge in [0.25, 0.3) is 5.91 Å². The number of hydrogen-bond donors (Lipinski definition) is 0. The third-order valence-electron chi connectivity index (χ3n) is 5.33. The van der Waals surface area contributed by atoms with Crippen molar-refractivity contribution >= 4 is 22.8 Å². The predicted octanol–water partition coefficient (Wildman–Crippen LogP) is 3.06. The fourth-order valence-corrected chi connectivity index (χ4v) is 3.68. The van der Waals surface area contributed by atoms with E-state index in [1.54, 1.807) is 14.0 Å². The Morgan fingerprint density at radius 2 is 1.53 bits per heavy atom. The molecule has 30 heavy (non-hydrogen) atoms. The van der Waals surface area contributed by atoms with Gasteiger partial charge in [-0.1, -0.05) is 12.1 Å². The summed E-state index contributed by atoms with van der Waals surface area (Å²) < 4.78 is 11.0. The van der Waals surface area contributed by atoms with Crippen molar-refractivity contribution in [2.24, 2.45) is 0 Å². The van der Waals surface area contributed by atoms with Crippen LogP contribution in [0.3, 0.4) is 0 Å². The van der Waals surface area contributed by atoms with Gasteiger partial charge in [0, 0.05) is 26.2 Å². The highest BCUT2D eigenvalue weighted by Crippen LogP contribution is 2.22. The summed E-state index contributed by atoms with van der Waals surface area (Å²) >= 11 is 0. The van der Waals surface area contributed by atoms with Crippen LogP contribution in [0.2, 0.25) is 0 Å². The Bertz CT molecular complexity index is 1030. The number of fused-ring (bicyclic) bond motifs is 1. The number of methoxy groups -OCH3 is 1. The number of ether oxygens (including phenoxy) is 2. The summed E-state index contributed by atoms with van der Waals surface area (Å²) in [5.41, 5.74) is 2.69. The van der Waals surface area contributed by atoms with Crippen LogP contribution in [0.25, 0.3) is 11.0 Å². The molecular weight excluding hydrogens is 380 g/mol. The molecule has 1 amide bonds. The van der Waals surface area contributed by atoms with Gasteiger partial charge in [-0.3, -0.25) is 4.79 Å². The molecule has 1 aliphatic heterocycles. The molecule has 2 aromatic carbocycles. The monoisotopic (exact) mass is 406 g/mol. The van der Waals surface area contributed by atoms with Gasteiger partial charge in [0.2, 0.25) is 0 Å². The molecule has 1 saturated heterocycles. The second-order valence-corrected chi connectivity index (χ2v) is 7.37. The number of anilines is 1. The zero-order valence-corrected chi connectivity index (χ0v) is 17.5. The molecule has 1 fully saturated rings. The minimum atomic E-state index is -0.549. The van der Waals surface area contributed by atoms with Crippen LogP contribution in [0.15, 0.2) is 48.5 Å². The summed E-state index contributed by atoms with van der Waals surface area (Å²) in [7, 11) is 1.62. The first-order chi connectivity index (χ1) is 14.5. The molecule has 7 heteroatoms. The van der Waals surface area contributed by atoms with Crippen molar-refractivity contribution in [1.29, 1.82) is 0 Å². The lowest BCUT2D eigenvalue weighted by Crippen LogP contribution is -2.52. The Balaban J connectivity index is 1.37. The summed E-state index contributed by atoms with van der Waals surface area (Å²) in [6.45, 7) is 6.46. The maximum Gasteiger partial charge on any atom is 0.263 e. The number of carbonyl (C=O) groups excluding carboxylic acids is 1. The van der Waals surface area contributed by atoms with Crippen molar-refractivity contribution in [2.45, 2.75) is 20.0 Å². The van der Waals surface area contributed by atoms with Crippen LogP contribution < -0.4 is 14.4 Å². The van der Waals surface area contributed by atoms with E-state index in [9.17, 15) is 4.79 Å². The van der Waals surface area contributed by atoms with Crippen molar-refractivity contribution in [1.82, 2.24) is 14.9 Å². The largest absolute Gasteiger partial charge is 0.497 e. The average Bonchev–Trinajstić information content (AvgIpc) is 2.78. The van der Waals surface area contributed by atoms with E-state index in [0.717, 1.165) is 41.4 Å². The van der Waals surface area contributed by atoms with Gasteiger partial charge in [-0.05, 0) is 50.2 Å². The van der Waals surface area contributed by atoms with Gasteiger partial charge >= 0.3 is 0 Å². The van der Waals surface area contributed by atoms with Gasteiger partial charge in [-0.25, -0.2) is 9.97 Å². The average molecular weight is 406 g/mol. The zero-order chi connectivity index (χ0) is 21.1. The van der Waals surface area contributed by atoms with E-state index in [-0.39, 0.29) is 5.91 Å². The molecule has 0 bridgehead atoms. The molecule has 1 atom stereocenters. The fraction of sp³-hybridized carbons (Fsp3) is 0.348. The van der Waals surface area contributed by atoms with E-state index >= 15 is 0 Å². The maximum atomic E-state index is 12.8. The number of amides is 1. The lowest BCUT2D eigenvalue weighted by atomic mass is 10.2. The Labute approximate surface area is 176 Å². The van der Waals surface area contributed by atoms with Crippen LogP contribution in [-0.2, 0) is 4.79 Å². The van der Waals surface area contributed by atoms with Crippen molar-refractivity contribution in [3.8, 4) is 11.5 Å². The first-order valence-electron chi connectivity index (χ1n) is 10.1. The number of rotatable bonds is 5. The van der Waals surface area contributed by atoms with Crippen molar-refractivity contribution in [3.05, 3.63) is 54.2 Å². The molecule has 156 valence electrons. The molecule has 0 N–H and O–H groups in total. The third-order valence-corrected chi connectivity index (χ3v) is 5.33. The summed E-state index contributed by atoms with van der Waals surface area (Å²) in [5, 5.41) is 0. The van der Waals surface area contributed by atoms with Crippen LogP contribution in [0.4, 0.5) is 5.82 Å². The first kappa shape index (κ1) is 19.9. The van der Waals surface area contributed by atoms with E-state index in [4.69, 9.17) is 14.5 Å². The van der Waals surface area contributed by atoms with Gasteiger partial charge in [0.15, 0.2) is 11.9 Å². The lowest BCUT2D eigenvalue weighted by Gasteiger charge is -2.36. The topological polar surface area (TPSA) is 67.8 Å². The molecule has 0 radical (unpaired) electrons. The standard InChI is InChI=1S/C23H26N4O3/c1-16-22(25-21-7-5-4-6-20(21)24-16)26-12-14-27(15-13-26)23(28)17(2)30-19-10-8-18(29-3)9-11-19/h4-11,17H,12-15H2,1-3H3. The number of hydrogen-bond acceptors (Lipinski definition) is 6. The van der Waals surface area contributed by atoms with Gasteiger partial charge < -0.3 is 19.3 Å². The number of benzene rings is 2. The van der Waals surface area contributed by atoms with Crippen molar-refractivity contribution in [3.63, 3.8) is 0 Å². The van der Waals surface area contributed by atoms with Gasteiger partial charge in [-0.2, -0.15) is 0 Å². The number of piperazine rings is 1.